The van der Waals surface area contributed by atoms with E-state index in [0.717, 1.165) is 5.56 Å². The van der Waals surface area contributed by atoms with E-state index in [-0.39, 0.29) is 18.2 Å². The average Bonchev–Trinajstić information content (AvgIpc) is 3.01. The third-order valence-electron chi connectivity index (χ3n) is 3.83. The summed E-state index contributed by atoms with van der Waals surface area (Å²) >= 11 is 0. The highest BCUT2D eigenvalue weighted by molar-refractivity contribution is 5.94. The van der Waals surface area contributed by atoms with Gasteiger partial charge in [0.1, 0.15) is 17.7 Å². The maximum Gasteiger partial charge on any atom is 0.337 e. The summed E-state index contributed by atoms with van der Waals surface area (Å²) in [6.07, 6.45) is 0.293. The zero-order valence-electron chi connectivity index (χ0n) is 13.0. The SMILES string of the molecule is COC(=O)c1ccc2c(c1)C[C@@H](CNC(=O)c1ccccc1F)O2. The first-order valence-corrected chi connectivity index (χ1v) is 7.49. The normalized spacial score (nSPS) is 15.3. The second kappa shape index (κ2) is 6.70. The molecule has 3 rings (SSSR count). The summed E-state index contributed by atoms with van der Waals surface area (Å²) in [5.74, 6) is -0.779. The third-order valence-corrected chi connectivity index (χ3v) is 3.83. The Hall–Kier alpha value is -2.89. The van der Waals surface area contributed by atoms with E-state index >= 15 is 0 Å². The summed E-state index contributed by atoms with van der Waals surface area (Å²) in [6, 6.07) is 10.9. The van der Waals surface area contributed by atoms with Gasteiger partial charge in [-0.05, 0) is 35.9 Å². The van der Waals surface area contributed by atoms with Gasteiger partial charge in [0.2, 0.25) is 0 Å². The maximum atomic E-state index is 13.6. The van der Waals surface area contributed by atoms with Crippen LogP contribution < -0.4 is 10.1 Å². The van der Waals surface area contributed by atoms with Gasteiger partial charge in [-0.2, -0.15) is 0 Å². The number of esters is 1. The summed E-state index contributed by atoms with van der Waals surface area (Å²) in [4.78, 5) is 23.6. The van der Waals surface area contributed by atoms with Crippen molar-refractivity contribution in [2.75, 3.05) is 13.7 Å². The van der Waals surface area contributed by atoms with Gasteiger partial charge in [0, 0.05) is 6.42 Å². The van der Waals surface area contributed by atoms with Gasteiger partial charge in [-0.3, -0.25) is 4.79 Å². The monoisotopic (exact) mass is 329 g/mol. The number of methoxy groups -OCH3 is 1. The summed E-state index contributed by atoms with van der Waals surface area (Å²) in [5, 5.41) is 2.67. The van der Waals surface area contributed by atoms with Crippen molar-refractivity contribution in [2.24, 2.45) is 0 Å². The van der Waals surface area contributed by atoms with Crippen LogP contribution in [0.4, 0.5) is 4.39 Å². The molecule has 124 valence electrons. The van der Waals surface area contributed by atoms with Crippen LogP contribution in [0, 0.1) is 5.82 Å². The Morgan fingerprint density at radius 2 is 2.08 bits per heavy atom. The van der Waals surface area contributed by atoms with Gasteiger partial charge in [-0.15, -0.1) is 0 Å². The van der Waals surface area contributed by atoms with Crippen LogP contribution in [0.1, 0.15) is 26.3 Å². The summed E-state index contributed by atoms with van der Waals surface area (Å²) in [6.45, 7) is 0.245. The second-order valence-electron chi connectivity index (χ2n) is 5.45. The largest absolute Gasteiger partial charge is 0.488 e. The zero-order valence-corrected chi connectivity index (χ0v) is 13.0. The number of ether oxygens (including phenoxy) is 2. The van der Waals surface area contributed by atoms with Crippen molar-refractivity contribution in [1.82, 2.24) is 5.32 Å². The number of hydrogen-bond acceptors (Lipinski definition) is 4. The van der Waals surface area contributed by atoms with E-state index in [0.29, 0.717) is 17.7 Å². The molecule has 1 N–H and O–H groups in total. The predicted octanol–water partition coefficient (Wildman–Crippen LogP) is 2.35. The third kappa shape index (κ3) is 3.22. The molecule has 5 nitrogen and oxygen atoms in total. The van der Waals surface area contributed by atoms with Crippen molar-refractivity contribution in [1.29, 1.82) is 0 Å². The molecule has 1 heterocycles. The fraction of sp³-hybridized carbons (Fsp3) is 0.222. The molecule has 2 aromatic carbocycles. The molecule has 0 saturated carbocycles. The molecule has 0 aromatic heterocycles. The lowest BCUT2D eigenvalue weighted by Gasteiger charge is -2.12. The summed E-state index contributed by atoms with van der Waals surface area (Å²) < 4.78 is 24.0. The Morgan fingerprint density at radius 3 is 2.83 bits per heavy atom. The summed E-state index contributed by atoms with van der Waals surface area (Å²) in [5.41, 5.74) is 1.33. The van der Waals surface area contributed by atoms with Crippen molar-refractivity contribution in [2.45, 2.75) is 12.5 Å². The molecule has 0 radical (unpaired) electrons. The van der Waals surface area contributed by atoms with Crippen LogP contribution in [-0.2, 0) is 11.2 Å². The number of nitrogens with one attached hydrogen (secondary N) is 1. The Labute approximate surface area is 138 Å². The van der Waals surface area contributed by atoms with Gasteiger partial charge in [-0.1, -0.05) is 12.1 Å². The smallest absolute Gasteiger partial charge is 0.337 e. The molecule has 0 fully saturated rings. The molecule has 1 amide bonds. The maximum absolute atomic E-state index is 13.6. The van der Waals surface area contributed by atoms with Crippen LogP contribution in [0.25, 0.3) is 0 Å². The second-order valence-corrected chi connectivity index (χ2v) is 5.45. The number of hydrogen-bond donors (Lipinski definition) is 1. The van der Waals surface area contributed by atoms with Gasteiger partial charge >= 0.3 is 5.97 Å². The molecule has 1 aliphatic rings. The molecular formula is C18H16FNO4. The fourth-order valence-corrected chi connectivity index (χ4v) is 2.63. The highest BCUT2D eigenvalue weighted by Gasteiger charge is 2.25. The van der Waals surface area contributed by atoms with Crippen molar-refractivity contribution in [3.05, 3.63) is 65.0 Å². The van der Waals surface area contributed by atoms with E-state index in [2.05, 4.69) is 10.1 Å². The van der Waals surface area contributed by atoms with E-state index in [9.17, 15) is 14.0 Å². The van der Waals surface area contributed by atoms with Crippen LogP contribution in [-0.4, -0.2) is 31.6 Å². The first-order valence-electron chi connectivity index (χ1n) is 7.49. The number of carbonyl (C=O) groups excluding carboxylic acids is 2. The Kier molecular flexibility index (Phi) is 4.46. The average molecular weight is 329 g/mol. The van der Waals surface area contributed by atoms with Crippen LogP contribution in [0.2, 0.25) is 0 Å². The van der Waals surface area contributed by atoms with Gasteiger partial charge < -0.3 is 14.8 Å². The number of amides is 1. The fourth-order valence-electron chi connectivity index (χ4n) is 2.63. The van der Waals surface area contributed by atoms with Crippen molar-refractivity contribution in [3.8, 4) is 5.75 Å². The minimum atomic E-state index is -0.562. The van der Waals surface area contributed by atoms with Crippen LogP contribution in [0.15, 0.2) is 42.5 Å². The van der Waals surface area contributed by atoms with Crippen molar-refractivity contribution >= 4 is 11.9 Å². The zero-order chi connectivity index (χ0) is 17.1. The molecule has 1 aliphatic heterocycles. The van der Waals surface area contributed by atoms with Crippen molar-refractivity contribution in [3.63, 3.8) is 0 Å². The highest BCUT2D eigenvalue weighted by atomic mass is 19.1. The summed E-state index contributed by atoms with van der Waals surface area (Å²) in [7, 11) is 1.33. The number of benzene rings is 2. The number of fused-ring (bicyclic) bond motifs is 1. The van der Waals surface area contributed by atoms with E-state index in [1.165, 1.54) is 25.3 Å². The molecule has 24 heavy (non-hydrogen) atoms. The van der Waals surface area contributed by atoms with E-state index in [1.54, 1.807) is 24.3 Å². The van der Waals surface area contributed by atoms with Gasteiger partial charge in [0.25, 0.3) is 5.91 Å². The molecule has 0 saturated heterocycles. The number of rotatable bonds is 4. The highest BCUT2D eigenvalue weighted by Crippen LogP contribution is 2.29. The van der Waals surface area contributed by atoms with Gasteiger partial charge in [0.15, 0.2) is 0 Å². The van der Waals surface area contributed by atoms with Crippen LogP contribution in [0.3, 0.4) is 0 Å². The Balaban J connectivity index is 1.61. The molecule has 2 aromatic rings. The van der Waals surface area contributed by atoms with E-state index < -0.39 is 17.7 Å². The first kappa shape index (κ1) is 16.0. The van der Waals surface area contributed by atoms with Gasteiger partial charge in [0.05, 0.1) is 24.8 Å². The minimum absolute atomic E-state index is 0.000915. The lowest BCUT2D eigenvalue weighted by molar-refractivity contribution is 0.0600. The standard InChI is InChI=1S/C18H16FNO4/c1-23-18(22)11-6-7-16-12(8-11)9-13(24-16)10-20-17(21)14-4-2-3-5-15(14)19/h2-8,13H,9-10H2,1H3,(H,20,21)/t13-/m0/s1. The molecule has 0 bridgehead atoms. The van der Waals surface area contributed by atoms with Crippen LogP contribution >= 0.6 is 0 Å². The Bertz CT molecular complexity index is 790. The molecule has 1 atom stereocenters. The molecular weight excluding hydrogens is 313 g/mol. The predicted molar refractivity (Wildman–Crippen MR) is 84.6 cm³/mol. The molecule has 0 unspecified atom stereocenters. The lowest BCUT2D eigenvalue weighted by Crippen LogP contribution is -2.34. The molecule has 0 spiro atoms. The minimum Gasteiger partial charge on any atom is -0.488 e. The Morgan fingerprint density at radius 1 is 1.29 bits per heavy atom. The first-order chi connectivity index (χ1) is 11.6. The lowest BCUT2D eigenvalue weighted by atomic mass is 10.1. The van der Waals surface area contributed by atoms with E-state index in [4.69, 9.17) is 4.74 Å². The molecule has 6 heteroatoms. The molecule has 0 aliphatic carbocycles. The van der Waals surface area contributed by atoms with Crippen LogP contribution in [0.5, 0.6) is 5.75 Å². The number of carbonyl (C=O) groups is 2. The van der Waals surface area contributed by atoms with E-state index in [1.807, 2.05) is 0 Å². The number of halogens is 1. The topological polar surface area (TPSA) is 64.6 Å². The van der Waals surface area contributed by atoms with Crippen molar-refractivity contribution < 1.29 is 23.5 Å². The van der Waals surface area contributed by atoms with Gasteiger partial charge in [-0.25, -0.2) is 9.18 Å². The quantitative estimate of drug-likeness (QED) is 0.875.